The minimum absolute atomic E-state index is 0. The van der Waals surface area contributed by atoms with Crippen LogP contribution in [0.4, 0.5) is 0 Å². The Kier molecular flexibility index (Phi) is 8.43. The molecule has 0 bridgehead atoms. The number of hydrogen-bond acceptors (Lipinski definition) is 2. The highest BCUT2D eigenvalue weighted by Crippen LogP contribution is 2.44. The van der Waals surface area contributed by atoms with Gasteiger partial charge in [-0.3, -0.25) is 9.67 Å². The van der Waals surface area contributed by atoms with Crippen LogP contribution >= 0.6 is 24.0 Å². The second-order valence-electron chi connectivity index (χ2n) is 8.39. The van der Waals surface area contributed by atoms with Crippen molar-refractivity contribution < 1.29 is 0 Å². The zero-order valence-corrected chi connectivity index (χ0v) is 20.0. The van der Waals surface area contributed by atoms with E-state index in [1.807, 2.05) is 11.7 Å². The van der Waals surface area contributed by atoms with Gasteiger partial charge in [0.05, 0.1) is 5.69 Å². The SMILES string of the molecule is CCN=C(NC(C)Cc1c(C)nn(C)c1C)NC1CC1C1CCCCC1.I. The molecule has 0 spiro atoms. The van der Waals surface area contributed by atoms with Gasteiger partial charge in [0.15, 0.2) is 5.96 Å². The zero-order chi connectivity index (χ0) is 18.7. The zero-order valence-electron chi connectivity index (χ0n) is 17.7. The predicted octanol–water partition coefficient (Wildman–Crippen LogP) is 4.11. The average molecular weight is 487 g/mol. The Balaban J connectivity index is 0.00000261. The Morgan fingerprint density at radius 2 is 1.96 bits per heavy atom. The molecule has 5 nitrogen and oxygen atoms in total. The maximum absolute atomic E-state index is 4.69. The van der Waals surface area contributed by atoms with Gasteiger partial charge in [0.1, 0.15) is 0 Å². The van der Waals surface area contributed by atoms with E-state index in [1.54, 1.807) is 0 Å². The van der Waals surface area contributed by atoms with Crippen molar-refractivity contribution in [3.05, 3.63) is 17.0 Å². The van der Waals surface area contributed by atoms with E-state index in [0.717, 1.165) is 36.5 Å². The van der Waals surface area contributed by atoms with Crippen LogP contribution in [0, 0.1) is 25.7 Å². The Hall–Kier alpha value is -0.790. The standard InChI is InChI=1S/C21H37N5.HI/c1-6-22-21(24-20-13-19(20)17-10-8-7-9-11-17)23-14(2)12-18-15(3)25-26(5)16(18)4;/h14,17,19-20H,6-13H2,1-5H3,(H2,22,23,24);1H. The summed E-state index contributed by atoms with van der Waals surface area (Å²) >= 11 is 0. The second kappa shape index (κ2) is 10.1. The van der Waals surface area contributed by atoms with Gasteiger partial charge in [-0.15, -0.1) is 24.0 Å². The van der Waals surface area contributed by atoms with Crippen LogP contribution in [0.5, 0.6) is 0 Å². The second-order valence-corrected chi connectivity index (χ2v) is 8.39. The highest BCUT2D eigenvalue weighted by Gasteiger charge is 2.43. The smallest absolute Gasteiger partial charge is 0.191 e. The number of nitrogens with zero attached hydrogens (tertiary/aromatic N) is 3. The Morgan fingerprint density at radius 1 is 1.26 bits per heavy atom. The van der Waals surface area contributed by atoms with Gasteiger partial charge >= 0.3 is 0 Å². The summed E-state index contributed by atoms with van der Waals surface area (Å²) in [5, 5.41) is 11.9. The molecule has 154 valence electrons. The van der Waals surface area contributed by atoms with Crippen molar-refractivity contribution in [2.45, 2.75) is 84.7 Å². The van der Waals surface area contributed by atoms with Crippen molar-refractivity contribution in [2.75, 3.05) is 6.54 Å². The van der Waals surface area contributed by atoms with Crippen molar-refractivity contribution >= 4 is 29.9 Å². The molecule has 0 saturated heterocycles. The summed E-state index contributed by atoms with van der Waals surface area (Å²) in [5.74, 6) is 2.81. The van der Waals surface area contributed by atoms with E-state index in [4.69, 9.17) is 0 Å². The molecular formula is C21H38IN5. The van der Waals surface area contributed by atoms with Crippen molar-refractivity contribution in [3.63, 3.8) is 0 Å². The number of aliphatic imine (C=N–C) groups is 1. The lowest BCUT2D eigenvalue weighted by atomic mass is 9.85. The van der Waals surface area contributed by atoms with E-state index in [1.165, 1.54) is 49.8 Å². The summed E-state index contributed by atoms with van der Waals surface area (Å²) in [6.45, 7) is 9.42. The third kappa shape index (κ3) is 5.84. The number of hydrogen-bond donors (Lipinski definition) is 2. The van der Waals surface area contributed by atoms with Crippen LogP contribution in [-0.2, 0) is 13.5 Å². The largest absolute Gasteiger partial charge is 0.354 e. The molecule has 0 amide bonds. The average Bonchev–Trinajstić information content (AvgIpc) is 3.34. The molecule has 0 radical (unpaired) electrons. The van der Waals surface area contributed by atoms with Gasteiger partial charge in [-0.1, -0.05) is 32.1 Å². The number of rotatable bonds is 6. The molecule has 2 saturated carbocycles. The third-order valence-corrected chi connectivity index (χ3v) is 6.29. The summed E-state index contributed by atoms with van der Waals surface area (Å²) in [6.07, 6.45) is 9.48. The van der Waals surface area contributed by atoms with E-state index >= 15 is 0 Å². The van der Waals surface area contributed by atoms with E-state index in [2.05, 4.69) is 48.4 Å². The van der Waals surface area contributed by atoms with E-state index in [9.17, 15) is 0 Å². The molecule has 3 unspecified atom stereocenters. The maximum Gasteiger partial charge on any atom is 0.191 e. The summed E-state index contributed by atoms with van der Waals surface area (Å²) in [5.41, 5.74) is 3.76. The lowest BCUT2D eigenvalue weighted by Gasteiger charge is -2.23. The van der Waals surface area contributed by atoms with Crippen LogP contribution in [0.3, 0.4) is 0 Å². The summed E-state index contributed by atoms with van der Waals surface area (Å²) in [4.78, 5) is 4.69. The third-order valence-electron chi connectivity index (χ3n) is 6.29. The van der Waals surface area contributed by atoms with Crippen LogP contribution in [0.25, 0.3) is 0 Å². The molecule has 1 heterocycles. The van der Waals surface area contributed by atoms with Crippen LogP contribution in [0.15, 0.2) is 4.99 Å². The molecule has 27 heavy (non-hydrogen) atoms. The van der Waals surface area contributed by atoms with Gasteiger partial charge in [-0.2, -0.15) is 5.10 Å². The molecular weight excluding hydrogens is 449 g/mol. The number of halogens is 1. The van der Waals surface area contributed by atoms with Gasteiger partial charge in [-0.05, 0) is 57.9 Å². The van der Waals surface area contributed by atoms with Crippen LogP contribution in [-0.4, -0.2) is 34.4 Å². The van der Waals surface area contributed by atoms with Gasteiger partial charge < -0.3 is 10.6 Å². The van der Waals surface area contributed by atoms with Crippen LogP contribution < -0.4 is 10.6 Å². The first-order chi connectivity index (χ1) is 12.5. The molecule has 0 aliphatic heterocycles. The minimum atomic E-state index is 0. The molecule has 1 aromatic rings. The fourth-order valence-corrected chi connectivity index (χ4v) is 4.63. The first-order valence-corrected chi connectivity index (χ1v) is 10.6. The lowest BCUT2D eigenvalue weighted by molar-refractivity contribution is 0.315. The Bertz CT molecular complexity index is 633. The Morgan fingerprint density at radius 3 is 2.56 bits per heavy atom. The number of guanidine groups is 1. The maximum atomic E-state index is 4.69. The van der Waals surface area contributed by atoms with E-state index in [0.29, 0.717) is 12.1 Å². The van der Waals surface area contributed by atoms with Crippen LogP contribution in [0.1, 0.15) is 69.3 Å². The molecule has 1 aromatic heterocycles. The fraction of sp³-hybridized carbons (Fsp3) is 0.810. The Labute approximate surface area is 182 Å². The molecule has 2 aliphatic rings. The highest BCUT2D eigenvalue weighted by molar-refractivity contribution is 14.0. The summed E-state index contributed by atoms with van der Waals surface area (Å²) in [6, 6.07) is 0.964. The molecule has 2 fully saturated rings. The number of aryl methyl sites for hydroxylation is 2. The molecule has 2 N–H and O–H groups in total. The van der Waals surface area contributed by atoms with Crippen molar-refractivity contribution in [1.82, 2.24) is 20.4 Å². The van der Waals surface area contributed by atoms with E-state index < -0.39 is 0 Å². The van der Waals surface area contributed by atoms with Crippen molar-refractivity contribution in [2.24, 2.45) is 23.9 Å². The fourth-order valence-electron chi connectivity index (χ4n) is 4.63. The van der Waals surface area contributed by atoms with Gasteiger partial charge in [-0.25, -0.2) is 0 Å². The quantitative estimate of drug-likeness (QED) is 0.361. The highest BCUT2D eigenvalue weighted by atomic mass is 127. The first kappa shape index (κ1) is 22.5. The van der Waals surface area contributed by atoms with Gasteiger partial charge in [0.25, 0.3) is 0 Å². The lowest BCUT2D eigenvalue weighted by Crippen LogP contribution is -2.44. The molecule has 3 atom stereocenters. The molecule has 0 aromatic carbocycles. The van der Waals surface area contributed by atoms with Gasteiger partial charge in [0.2, 0.25) is 0 Å². The molecule has 2 aliphatic carbocycles. The summed E-state index contributed by atoms with van der Waals surface area (Å²) in [7, 11) is 2.02. The summed E-state index contributed by atoms with van der Waals surface area (Å²) < 4.78 is 1.98. The topological polar surface area (TPSA) is 54.2 Å². The number of nitrogens with one attached hydrogen (secondary N) is 2. The normalized spacial score (nSPS) is 24.3. The van der Waals surface area contributed by atoms with Crippen LogP contribution in [0.2, 0.25) is 0 Å². The predicted molar refractivity (Wildman–Crippen MR) is 124 cm³/mol. The first-order valence-electron chi connectivity index (χ1n) is 10.6. The number of aromatic nitrogens is 2. The monoisotopic (exact) mass is 487 g/mol. The van der Waals surface area contributed by atoms with Crippen molar-refractivity contribution in [3.8, 4) is 0 Å². The van der Waals surface area contributed by atoms with Crippen molar-refractivity contribution in [1.29, 1.82) is 0 Å². The van der Waals surface area contributed by atoms with E-state index in [-0.39, 0.29) is 24.0 Å². The van der Waals surface area contributed by atoms with Gasteiger partial charge in [0, 0.05) is 31.4 Å². The minimum Gasteiger partial charge on any atom is -0.354 e. The molecule has 6 heteroatoms. The molecule has 3 rings (SSSR count).